The van der Waals surface area contributed by atoms with Crippen molar-refractivity contribution in [2.75, 3.05) is 143 Å². The van der Waals surface area contributed by atoms with Gasteiger partial charge in [0.15, 0.2) is 47.4 Å². The number of likely N-dealkylation sites (tertiary alicyclic amines) is 2. The Labute approximate surface area is 770 Å². The van der Waals surface area contributed by atoms with Gasteiger partial charge in [0.2, 0.25) is 24.6 Å². The lowest BCUT2D eigenvalue weighted by Crippen LogP contribution is -2.64. The number of anilines is 3. The molecule has 6 amide bonds. The summed E-state index contributed by atoms with van der Waals surface area (Å²) in [5.41, 5.74) is 4.87. The number of carboxylic acid groups (broad SMARTS) is 1. The van der Waals surface area contributed by atoms with Gasteiger partial charge in [-0.1, -0.05) is 66.7 Å². The number of aliphatic hydroxyl groups excluding tert-OH is 5. The third-order valence-corrected chi connectivity index (χ3v) is 22.1. The van der Waals surface area contributed by atoms with E-state index in [4.69, 9.17) is 90.0 Å². The molecule has 10 N–H and O–H groups in total. The van der Waals surface area contributed by atoms with E-state index in [1.54, 1.807) is 0 Å². The molecule has 134 heavy (non-hydrogen) atoms. The number of fused-ring (bicyclic) bond motifs is 3. The second-order valence-corrected chi connectivity index (χ2v) is 31.3. The number of ether oxygens (including phenoxy) is 19. The first-order valence-electron chi connectivity index (χ1n) is 43.5. The number of aliphatic carboxylic acids is 1. The van der Waals surface area contributed by atoms with Gasteiger partial charge in [0, 0.05) is 58.5 Å². The summed E-state index contributed by atoms with van der Waals surface area (Å²) in [5.74, 6) is -6.82. The molecule has 1 aliphatic carbocycles. The van der Waals surface area contributed by atoms with Crippen LogP contribution in [0.4, 0.5) is 31.4 Å². The molecular weight excluding hydrogens is 1770 g/mol. The first-order chi connectivity index (χ1) is 64.7. The molecule has 726 valence electrons. The zero-order valence-electron chi connectivity index (χ0n) is 74.7. The van der Waals surface area contributed by atoms with Crippen molar-refractivity contribution in [3.8, 4) is 45.6 Å². The molecule has 0 radical (unpaired) electrons. The van der Waals surface area contributed by atoms with Gasteiger partial charge in [-0.3, -0.25) is 39.4 Å². The summed E-state index contributed by atoms with van der Waals surface area (Å²) in [4.78, 5) is 147. The second-order valence-electron chi connectivity index (χ2n) is 31.3. The number of nitrogens with one attached hydrogen (secondary N) is 4. The van der Waals surface area contributed by atoms with E-state index in [9.17, 15) is 83.4 Å². The van der Waals surface area contributed by atoms with E-state index in [0.29, 0.717) is 57.1 Å². The molecule has 5 aliphatic rings. The Morgan fingerprint density at radius 1 is 0.463 bits per heavy atom. The molecule has 6 aromatic carbocycles. The molecule has 42 nitrogen and oxygen atoms in total. The standard InChI is InChI=1S/C92H112N6O36/c1-52(101)128-80-81(129-53(2)102)83(130-54(3)103)89(134-82(80)87(112)118-6)131-59-25-22-55(23-26-59)49-125-91(114)95-67-45-73(71(116-4)43-64(67)84(108)97-30-14-16-57(97)47-99)123-32-12-7-13-33-124-74-46-68(65(44-72(74)117-5)85(109)98-31-15-17-58(98)48-100)96-92(115)126-50-56-24-27-70(132-88-78(107)76(105)77(106)79(133-88)86(110)111)69(42-56)94-75(104)28-34-119-36-38-121-40-41-122-39-37-120-35-29-93-90(113)127-51-66-62-20-10-8-18-60(62)61-19-9-11-21-63(61)66/h8-11,18-27,42-46,57-58,66,76-83,88-89,99-100,105-107H,7,12-17,28-41,47-51H2,1-6H3,(H,93,113)(H,94,104)(H,95,114)(H,96,115)(H,110,111)/t57-,58-,76-,77-,78+,79-,80-,81-,82-,83+,88+,89+/m0/s1. The SMILES string of the molecule is COC(=O)[C@H]1O[C@@H](Oc2ccc(COC(=O)Nc3cc(OCCCCCOc4cc(NC(=O)OCc5ccc(O[C@@H]6O[C@H](C(=O)O)[C@@H](O)[C@H](O)[C@H]6O)c(NC(=O)CCOCCOCCOCCOCCNC(=O)OCC6c7ccccc7-c7ccccc76)c5)c(C(=O)N5CCC[C@H]5CO)cc4OC)c(OC)cc3C(=O)N3CCC[C@H]3CO)cc2)[C@H](OC(C)=O)[C@@H](OC(C)=O)[C@@H]1OC(C)=O. The third-order valence-electron chi connectivity index (χ3n) is 22.1. The van der Waals surface area contributed by atoms with Crippen LogP contribution in [0.5, 0.6) is 34.5 Å². The number of hydrogen-bond donors (Lipinski definition) is 10. The molecule has 4 aliphatic heterocycles. The average Bonchev–Trinajstić information content (AvgIpc) is 1.58. The monoisotopic (exact) mass is 1880 g/mol. The van der Waals surface area contributed by atoms with Gasteiger partial charge in [-0.25, -0.2) is 24.0 Å². The van der Waals surface area contributed by atoms with Crippen molar-refractivity contribution in [3.05, 3.63) is 149 Å². The van der Waals surface area contributed by atoms with Gasteiger partial charge in [0.1, 0.15) is 49.6 Å². The number of amides is 6. The number of alkyl carbamates (subject to hydrolysis) is 1. The highest BCUT2D eigenvalue weighted by Crippen LogP contribution is 2.46. The van der Waals surface area contributed by atoms with E-state index in [2.05, 4.69) is 33.4 Å². The normalized spacial score (nSPS) is 20.5. The molecule has 4 fully saturated rings. The summed E-state index contributed by atoms with van der Waals surface area (Å²) in [6, 6.07) is 30.5. The summed E-state index contributed by atoms with van der Waals surface area (Å²) in [6.07, 6.45) is -17.5. The van der Waals surface area contributed by atoms with Crippen molar-refractivity contribution >= 4 is 82.9 Å². The fourth-order valence-electron chi connectivity index (χ4n) is 15.6. The largest absolute Gasteiger partial charge is 0.493 e. The quantitative estimate of drug-likeness (QED) is 0.0114. The minimum atomic E-state index is -2.05. The maximum absolute atomic E-state index is 14.4. The van der Waals surface area contributed by atoms with Crippen LogP contribution >= 0.6 is 0 Å². The molecule has 4 heterocycles. The number of carboxylic acids is 1. The molecule has 0 spiro atoms. The number of hydrogen-bond acceptors (Lipinski definition) is 35. The first kappa shape index (κ1) is 102. The van der Waals surface area contributed by atoms with Crippen LogP contribution in [-0.4, -0.2) is 307 Å². The van der Waals surface area contributed by atoms with Crippen LogP contribution in [0.15, 0.2) is 115 Å². The second kappa shape index (κ2) is 50.4. The Balaban J connectivity index is 0.662. The molecule has 6 aromatic rings. The maximum Gasteiger partial charge on any atom is 0.411 e. The third kappa shape index (κ3) is 27.7. The lowest BCUT2D eigenvalue weighted by Gasteiger charge is -2.43. The van der Waals surface area contributed by atoms with Gasteiger partial charge >= 0.3 is 48.1 Å². The number of aliphatic hydroxyl groups is 5. The van der Waals surface area contributed by atoms with Crippen LogP contribution in [0.25, 0.3) is 11.1 Å². The van der Waals surface area contributed by atoms with Crippen LogP contribution in [0.3, 0.4) is 0 Å². The lowest BCUT2D eigenvalue weighted by atomic mass is 9.97. The van der Waals surface area contributed by atoms with E-state index >= 15 is 0 Å². The first-order valence-corrected chi connectivity index (χ1v) is 43.5. The van der Waals surface area contributed by atoms with Crippen molar-refractivity contribution in [1.82, 2.24) is 15.1 Å². The van der Waals surface area contributed by atoms with Crippen molar-refractivity contribution < 1.29 is 173 Å². The molecule has 42 heteroatoms. The Kier molecular flexibility index (Phi) is 38.3. The summed E-state index contributed by atoms with van der Waals surface area (Å²) in [5, 5.41) is 72.7. The summed E-state index contributed by atoms with van der Waals surface area (Å²) >= 11 is 0. The smallest absolute Gasteiger partial charge is 0.411 e. The summed E-state index contributed by atoms with van der Waals surface area (Å²) in [7, 11) is 3.76. The fraction of sp³-hybridized carbons (Fsp3) is 0.489. The molecule has 0 aromatic heterocycles. The predicted molar refractivity (Wildman–Crippen MR) is 466 cm³/mol. The Hall–Kier alpha value is -12.8. The van der Waals surface area contributed by atoms with E-state index in [1.807, 2.05) is 36.4 Å². The minimum Gasteiger partial charge on any atom is -0.493 e. The molecule has 0 unspecified atom stereocenters. The maximum atomic E-state index is 14.4. The van der Waals surface area contributed by atoms with Crippen molar-refractivity contribution in [1.29, 1.82) is 0 Å². The van der Waals surface area contributed by atoms with Gasteiger partial charge in [0.25, 0.3) is 11.8 Å². The number of methoxy groups -OCH3 is 3. The van der Waals surface area contributed by atoms with E-state index in [1.165, 1.54) is 90.7 Å². The Morgan fingerprint density at radius 3 is 1.49 bits per heavy atom. The Morgan fingerprint density at radius 2 is 0.963 bits per heavy atom. The van der Waals surface area contributed by atoms with E-state index in [0.717, 1.165) is 50.1 Å². The molecule has 0 bridgehead atoms. The Bertz CT molecular complexity index is 4980. The highest BCUT2D eigenvalue weighted by molar-refractivity contribution is 6.05. The molecular formula is C92H112N6O36. The molecule has 11 rings (SSSR count). The van der Waals surface area contributed by atoms with Crippen molar-refractivity contribution in [2.24, 2.45) is 0 Å². The minimum absolute atomic E-state index is 0.00748. The fourth-order valence-corrected chi connectivity index (χ4v) is 15.6. The van der Waals surface area contributed by atoms with Gasteiger partial charge in [0.05, 0.1) is 147 Å². The number of carbonyl (C=O) groups excluding carboxylic acids is 10. The van der Waals surface area contributed by atoms with Gasteiger partial charge in [-0.05, 0) is 115 Å². The number of carbonyl (C=O) groups is 11. The van der Waals surface area contributed by atoms with Crippen molar-refractivity contribution in [3.63, 3.8) is 0 Å². The number of nitrogens with zero attached hydrogens (tertiary/aromatic N) is 2. The predicted octanol–water partition coefficient (Wildman–Crippen LogP) is 6.30. The number of rotatable bonds is 47. The van der Waals surface area contributed by atoms with Crippen LogP contribution in [0, 0.1) is 0 Å². The van der Waals surface area contributed by atoms with E-state index in [-0.39, 0.29) is 186 Å². The highest BCUT2D eigenvalue weighted by atomic mass is 16.7. The molecule has 4 saturated heterocycles. The zero-order valence-corrected chi connectivity index (χ0v) is 74.7. The van der Waals surface area contributed by atoms with Crippen LogP contribution in [0.1, 0.15) is 121 Å². The highest BCUT2D eigenvalue weighted by Gasteiger charge is 2.56. The topological polar surface area (TPSA) is 539 Å². The average molecular weight is 1880 g/mol. The van der Waals surface area contributed by atoms with Crippen LogP contribution < -0.4 is 49.7 Å². The van der Waals surface area contributed by atoms with Crippen LogP contribution in [-0.2, 0) is 104 Å². The number of benzene rings is 6. The van der Waals surface area contributed by atoms with Crippen molar-refractivity contribution in [2.45, 2.75) is 165 Å². The summed E-state index contributed by atoms with van der Waals surface area (Å²) < 4.78 is 107. The van der Waals surface area contributed by atoms with Gasteiger partial charge in [-0.2, -0.15) is 0 Å². The number of unbranched alkanes of at least 4 members (excludes halogenated alkanes) is 2. The molecule has 0 saturated carbocycles. The van der Waals surface area contributed by atoms with Gasteiger partial charge in [-0.15, -0.1) is 0 Å². The zero-order chi connectivity index (χ0) is 95.9. The van der Waals surface area contributed by atoms with E-state index < -0.39 is 146 Å². The lowest BCUT2D eigenvalue weighted by molar-refractivity contribution is -0.282. The van der Waals surface area contributed by atoms with Gasteiger partial charge < -0.3 is 141 Å². The number of esters is 4. The summed E-state index contributed by atoms with van der Waals surface area (Å²) in [6.45, 7) is 4.17. The molecule has 12 atom stereocenters. The van der Waals surface area contributed by atoms with Crippen LogP contribution in [0.2, 0.25) is 0 Å².